The van der Waals surface area contributed by atoms with E-state index in [4.69, 9.17) is 9.52 Å². The van der Waals surface area contributed by atoms with Gasteiger partial charge in [0.15, 0.2) is 5.96 Å². The fourth-order valence-electron chi connectivity index (χ4n) is 3.85. The quantitative estimate of drug-likeness (QED) is 0.268. The number of hydrogen-bond acceptors (Lipinski definition) is 4. The van der Waals surface area contributed by atoms with Crippen molar-refractivity contribution < 1.29 is 4.52 Å². The van der Waals surface area contributed by atoms with E-state index in [0.717, 1.165) is 49.2 Å². The molecule has 1 aromatic heterocycles. The number of halogens is 1. The van der Waals surface area contributed by atoms with Gasteiger partial charge in [-0.2, -0.15) is 0 Å². The lowest BCUT2D eigenvalue weighted by Crippen LogP contribution is -2.43. The van der Waals surface area contributed by atoms with Gasteiger partial charge in [0.25, 0.3) is 0 Å². The van der Waals surface area contributed by atoms with Crippen molar-refractivity contribution in [3.05, 3.63) is 52.9 Å². The summed E-state index contributed by atoms with van der Waals surface area (Å²) in [4.78, 5) is 7.31. The first-order valence-corrected chi connectivity index (χ1v) is 10.8. The number of nitrogens with zero attached hydrogens (tertiary/aromatic N) is 3. The molecule has 2 aromatic rings. The molecule has 0 spiro atoms. The van der Waals surface area contributed by atoms with Crippen LogP contribution in [0.3, 0.4) is 0 Å². The molecule has 1 heterocycles. The van der Waals surface area contributed by atoms with Gasteiger partial charge in [-0.25, -0.2) is 0 Å². The van der Waals surface area contributed by atoms with Gasteiger partial charge in [-0.05, 0) is 39.4 Å². The maximum absolute atomic E-state index is 5.31. The van der Waals surface area contributed by atoms with E-state index in [2.05, 4.69) is 78.7 Å². The number of aliphatic imine (C=N–C) groups is 1. The van der Waals surface area contributed by atoms with Crippen molar-refractivity contribution in [1.29, 1.82) is 0 Å². The van der Waals surface area contributed by atoms with E-state index in [9.17, 15) is 0 Å². The van der Waals surface area contributed by atoms with E-state index in [1.54, 1.807) is 0 Å². The molecular weight excluding hydrogens is 489 g/mol. The lowest BCUT2D eigenvalue weighted by Gasteiger charge is -2.31. The lowest BCUT2D eigenvalue weighted by molar-refractivity contribution is 0.219. The average Bonchev–Trinajstić information content (AvgIpc) is 3.07. The van der Waals surface area contributed by atoms with E-state index in [0.29, 0.717) is 12.6 Å². The Labute approximate surface area is 198 Å². The monoisotopic (exact) mass is 527 g/mol. The van der Waals surface area contributed by atoms with Gasteiger partial charge in [0.1, 0.15) is 5.76 Å². The molecule has 0 aliphatic heterocycles. The van der Waals surface area contributed by atoms with Crippen LogP contribution in [-0.2, 0) is 0 Å². The zero-order valence-electron chi connectivity index (χ0n) is 19.2. The van der Waals surface area contributed by atoms with Gasteiger partial charge in [0, 0.05) is 31.1 Å². The highest BCUT2D eigenvalue weighted by atomic mass is 127. The van der Waals surface area contributed by atoms with Crippen LogP contribution in [0, 0.1) is 13.8 Å². The van der Waals surface area contributed by atoms with Crippen molar-refractivity contribution in [2.75, 3.05) is 32.7 Å². The van der Waals surface area contributed by atoms with Crippen molar-refractivity contribution in [3.8, 4) is 0 Å². The summed E-state index contributed by atoms with van der Waals surface area (Å²) >= 11 is 0. The predicted octanol–water partition coefficient (Wildman–Crippen LogP) is 4.65. The molecule has 0 aliphatic carbocycles. The first kappa shape index (κ1) is 26.4. The first-order chi connectivity index (χ1) is 14.0. The van der Waals surface area contributed by atoms with Gasteiger partial charge in [0.2, 0.25) is 0 Å². The summed E-state index contributed by atoms with van der Waals surface area (Å²) < 4.78 is 5.31. The van der Waals surface area contributed by atoms with Gasteiger partial charge in [-0.3, -0.25) is 9.89 Å². The zero-order chi connectivity index (χ0) is 21.2. The minimum Gasteiger partial charge on any atom is -0.361 e. The van der Waals surface area contributed by atoms with Crippen LogP contribution in [-0.4, -0.2) is 48.7 Å². The Morgan fingerprint density at radius 1 is 1.10 bits per heavy atom. The highest BCUT2D eigenvalue weighted by Crippen LogP contribution is 2.23. The molecule has 0 bridgehead atoms. The second-order valence-corrected chi connectivity index (χ2v) is 7.39. The molecule has 2 rings (SSSR count). The van der Waals surface area contributed by atoms with E-state index in [1.807, 2.05) is 13.8 Å². The lowest BCUT2D eigenvalue weighted by atomic mass is 10.00. The van der Waals surface area contributed by atoms with Crippen LogP contribution in [0.2, 0.25) is 0 Å². The van der Waals surface area contributed by atoms with Crippen molar-refractivity contribution in [1.82, 2.24) is 20.7 Å². The molecule has 2 atom stereocenters. The molecule has 168 valence electrons. The molecule has 7 heteroatoms. The average molecular weight is 527 g/mol. The number of benzene rings is 1. The van der Waals surface area contributed by atoms with Crippen LogP contribution in [0.1, 0.15) is 62.2 Å². The largest absolute Gasteiger partial charge is 0.361 e. The molecule has 2 N–H and O–H groups in total. The van der Waals surface area contributed by atoms with Gasteiger partial charge in [-0.1, -0.05) is 56.3 Å². The smallest absolute Gasteiger partial charge is 0.191 e. The van der Waals surface area contributed by atoms with E-state index in [-0.39, 0.29) is 29.9 Å². The van der Waals surface area contributed by atoms with E-state index >= 15 is 0 Å². The fraction of sp³-hybridized carbons (Fsp3) is 0.565. The number of aryl methyl sites for hydroxylation is 2. The van der Waals surface area contributed by atoms with Crippen LogP contribution < -0.4 is 10.6 Å². The topological polar surface area (TPSA) is 65.7 Å². The molecule has 2 unspecified atom stereocenters. The van der Waals surface area contributed by atoms with Crippen molar-refractivity contribution in [2.45, 2.75) is 53.5 Å². The van der Waals surface area contributed by atoms with Crippen LogP contribution in [0.5, 0.6) is 0 Å². The van der Waals surface area contributed by atoms with Gasteiger partial charge in [-0.15, -0.1) is 24.0 Å². The van der Waals surface area contributed by atoms with Crippen molar-refractivity contribution in [3.63, 3.8) is 0 Å². The molecule has 0 radical (unpaired) electrons. The van der Waals surface area contributed by atoms with Gasteiger partial charge >= 0.3 is 0 Å². The summed E-state index contributed by atoms with van der Waals surface area (Å²) in [6, 6.07) is 11.0. The van der Waals surface area contributed by atoms with Crippen LogP contribution >= 0.6 is 24.0 Å². The molecule has 1 aromatic carbocycles. The Bertz CT molecular complexity index is 739. The Hall–Kier alpha value is -1.61. The number of likely N-dealkylation sites (N-methyl/N-ethyl adjacent to an activating group) is 1. The van der Waals surface area contributed by atoms with Crippen molar-refractivity contribution >= 4 is 29.9 Å². The minimum absolute atomic E-state index is 0. The zero-order valence-corrected chi connectivity index (χ0v) is 21.6. The Balaban J connectivity index is 0.00000450. The van der Waals surface area contributed by atoms with E-state index < -0.39 is 0 Å². The summed E-state index contributed by atoms with van der Waals surface area (Å²) in [7, 11) is 0. The predicted molar refractivity (Wildman–Crippen MR) is 136 cm³/mol. The molecule has 0 fully saturated rings. The number of hydrogen-bond donors (Lipinski definition) is 2. The van der Waals surface area contributed by atoms with Crippen LogP contribution in [0.15, 0.2) is 39.8 Å². The third kappa shape index (κ3) is 7.27. The second kappa shape index (κ2) is 13.6. The number of aromatic nitrogens is 1. The number of guanidine groups is 1. The molecule has 30 heavy (non-hydrogen) atoms. The number of rotatable bonds is 10. The summed E-state index contributed by atoms with van der Waals surface area (Å²) in [6.07, 6.45) is 0. The second-order valence-electron chi connectivity index (χ2n) is 7.39. The first-order valence-electron chi connectivity index (χ1n) is 10.8. The molecular formula is C23H38IN5O. The third-order valence-electron chi connectivity index (χ3n) is 5.35. The fourth-order valence-corrected chi connectivity index (χ4v) is 3.85. The van der Waals surface area contributed by atoms with Gasteiger partial charge in [0.05, 0.1) is 11.7 Å². The Morgan fingerprint density at radius 2 is 1.77 bits per heavy atom. The standard InChI is InChI=1S/C23H37N5O.HI/c1-7-24-23(25-15-17(4)22-18(5)27-29-19(22)6)26-16-21(28(8-2)9-3)20-13-11-10-12-14-20;/h10-14,17,21H,7-9,15-16H2,1-6H3,(H2,24,25,26);1H. The van der Waals surface area contributed by atoms with Crippen LogP contribution in [0.25, 0.3) is 0 Å². The Kier molecular flexibility index (Phi) is 12.0. The highest BCUT2D eigenvalue weighted by molar-refractivity contribution is 14.0. The maximum Gasteiger partial charge on any atom is 0.191 e. The minimum atomic E-state index is 0. The molecule has 0 aliphatic rings. The normalized spacial score (nSPS) is 13.6. The molecule has 0 saturated carbocycles. The van der Waals surface area contributed by atoms with Gasteiger partial charge < -0.3 is 15.2 Å². The van der Waals surface area contributed by atoms with Crippen LogP contribution in [0.4, 0.5) is 0 Å². The van der Waals surface area contributed by atoms with E-state index in [1.165, 1.54) is 5.56 Å². The molecule has 0 amide bonds. The summed E-state index contributed by atoms with van der Waals surface area (Å²) in [5.41, 5.74) is 3.44. The SMILES string of the molecule is CCNC(=NCC(C)c1c(C)noc1C)NCC(c1ccccc1)N(CC)CC.I. The number of nitrogens with one attached hydrogen (secondary N) is 2. The summed E-state index contributed by atoms with van der Waals surface area (Å²) in [6.45, 7) is 17.0. The highest BCUT2D eigenvalue weighted by Gasteiger charge is 2.19. The maximum atomic E-state index is 5.31. The summed E-state index contributed by atoms with van der Waals surface area (Å²) in [5.74, 6) is 1.98. The summed E-state index contributed by atoms with van der Waals surface area (Å²) in [5, 5.41) is 11.0. The third-order valence-corrected chi connectivity index (χ3v) is 5.35. The molecule has 0 saturated heterocycles. The van der Waals surface area contributed by atoms with Crippen molar-refractivity contribution in [2.24, 2.45) is 4.99 Å². The Morgan fingerprint density at radius 3 is 2.30 bits per heavy atom. The molecule has 6 nitrogen and oxygen atoms in total.